The highest BCUT2D eigenvalue weighted by Crippen LogP contribution is 2.38. The van der Waals surface area contributed by atoms with Gasteiger partial charge in [0.15, 0.2) is 11.5 Å². The maximum atomic E-state index is 12.8. The summed E-state index contributed by atoms with van der Waals surface area (Å²) >= 11 is 0. The number of hydrazine groups is 1. The molecule has 1 saturated carbocycles. The van der Waals surface area contributed by atoms with Crippen molar-refractivity contribution < 1.29 is 28.6 Å². The number of ether oxygens (including phenoxy) is 3. The average molecular weight is 419 g/mol. The number of carbonyl (C=O) groups is 3. The van der Waals surface area contributed by atoms with E-state index >= 15 is 0 Å². The van der Waals surface area contributed by atoms with E-state index in [9.17, 15) is 14.4 Å². The van der Waals surface area contributed by atoms with Crippen LogP contribution in [-0.2, 0) is 16.0 Å². The number of nitrogens with zero attached hydrogens (tertiary/aromatic N) is 1. The van der Waals surface area contributed by atoms with Gasteiger partial charge in [0.25, 0.3) is 5.91 Å². The van der Waals surface area contributed by atoms with Crippen LogP contribution in [0.5, 0.6) is 17.2 Å². The summed E-state index contributed by atoms with van der Waals surface area (Å²) in [5.74, 6) is 1.20. The molecule has 2 N–H and O–H groups in total. The lowest BCUT2D eigenvalue weighted by molar-refractivity contribution is -0.140. The molecule has 0 unspecified atom stereocenters. The molecule has 4 amide bonds. The molecule has 30 heavy (non-hydrogen) atoms. The Labute approximate surface area is 176 Å². The second-order valence-corrected chi connectivity index (χ2v) is 7.90. The summed E-state index contributed by atoms with van der Waals surface area (Å²) in [6, 6.07) is 2.96. The minimum absolute atomic E-state index is 0.0831. The molecule has 0 aromatic heterocycles. The predicted molar refractivity (Wildman–Crippen MR) is 108 cm³/mol. The maximum absolute atomic E-state index is 12.8. The topological polar surface area (TPSA) is 106 Å². The Kier molecular flexibility index (Phi) is 6.38. The third-order valence-electron chi connectivity index (χ3n) is 5.89. The van der Waals surface area contributed by atoms with Crippen LogP contribution < -0.4 is 25.0 Å². The molecule has 3 rings (SSSR count). The summed E-state index contributed by atoms with van der Waals surface area (Å²) < 4.78 is 15.9. The highest BCUT2D eigenvalue weighted by atomic mass is 16.5. The Morgan fingerprint density at radius 1 is 1.13 bits per heavy atom. The first-order valence-corrected chi connectivity index (χ1v) is 10.1. The smallest absolute Gasteiger partial charge is 0.344 e. The quantitative estimate of drug-likeness (QED) is 0.656. The fraction of sp³-hybridized carbons (Fsp3) is 0.571. The van der Waals surface area contributed by atoms with Crippen LogP contribution in [0.1, 0.15) is 44.6 Å². The normalized spacial score (nSPS) is 23.3. The van der Waals surface area contributed by atoms with E-state index in [2.05, 4.69) is 17.7 Å². The minimum Gasteiger partial charge on any atom is -0.493 e. The molecule has 9 heteroatoms. The predicted octanol–water partition coefficient (Wildman–Crippen LogP) is 2.18. The van der Waals surface area contributed by atoms with Crippen LogP contribution in [0.15, 0.2) is 12.1 Å². The number of benzene rings is 1. The molecular formula is C21H29N3O6. The Morgan fingerprint density at radius 2 is 1.73 bits per heavy atom. The third kappa shape index (κ3) is 4.15. The Bertz CT molecular complexity index is 807. The fourth-order valence-electron chi connectivity index (χ4n) is 4.03. The second kappa shape index (κ2) is 8.81. The molecular weight excluding hydrogens is 390 g/mol. The number of hydrogen-bond donors (Lipinski definition) is 2. The highest BCUT2D eigenvalue weighted by molar-refractivity contribution is 6.08. The van der Waals surface area contributed by atoms with Crippen molar-refractivity contribution in [1.29, 1.82) is 0 Å². The first-order valence-electron chi connectivity index (χ1n) is 10.1. The molecule has 0 atom stereocenters. The third-order valence-corrected chi connectivity index (χ3v) is 5.89. The van der Waals surface area contributed by atoms with Crippen molar-refractivity contribution in [2.45, 2.75) is 51.0 Å². The largest absolute Gasteiger partial charge is 0.493 e. The van der Waals surface area contributed by atoms with Crippen LogP contribution in [0.25, 0.3) is 0 Å². The summed E-state index contributed by atoms with van der Waals surface area (Å²) in [5, 5.41) is 3.61. The number of methoxy groups -OCH3 is 3. The van der Waals surface area contributed by atoms with Gasteiger partial charge in [-0.05, 0) is 55.7 Å². The van der Waals surface area contributed by atoms with Gasteiger partial charge in [0.05, 0.1) is 21.3 Å². The lowest BCUT2D eigenvalue weighted by Gasteiger charge is -2.33. The molecule has 1 heterocycles. The number of aryl methyl sites for hydroxylation is 1. The number of hydrogen-bond acceptors (Lipinski definition) is 6. The molecule has 1 aliphatic heterocycles. The molecule has 1 aliphatic carbocycles. The highest BCUT2D eigenvalue weighted by Gasteiger charge is 2.52. The number of amides is 4. The Balaban J connectivity index is 1.62. The van der Waals surface area contributed by atoms with Gasteiger partial charge in [-0.15, -0.1) is 0 Å². The molecule has 0 bridgehead atoms. The van der Waals surface area contributed by atoms with E-state index in [1.54, 1.807) is 12.1 Å². The number of urea groups is 1. The van der Waals surface area contributed by atoms with Gasteiger partial charge in [0.1, 0.15) is 5.54 Å². The van der Waals surface area contributed by atoms with Gasteiger partial charge >= 0.3 is 6.03 Å². The average Bonchev–Trinajstić information content (AvgIpc) is 2.97. The van der Waals surface area contributed by atoms with Crippen molar-refractivity contribution in [3.05, 3.63) is 17.7 Å². The summed E-state index contributed by atoms with van der Waals surface area (Å²) in [7, 11) is 4.56. The van der Waals surface area contributed by atoms with Gasteiger partial charge in [-0.2, -0.15) is 5.01 Å². The number of carbonyl (C=O) groups excluding carboxylic acids is 3. The molecule has 2 fully saturated rings. The van der Waals surface area contributed by atoms with Gasteiger partial charge in [-0.25, -0.2) is 4.79 Å². The van der Waals surface area contributed by atoms with Crippen LogP contribution in [0.2, 0.25) is 0 Å². The van der Waals surface area contributed by atoms with Crippen LogP contribution >= 0.6 is 0 Å². The van der Waals surface area contributed by atoms with Gasteiger partial charge in [-0.1, -0.05) is 6.92 Å². The summed E-state index contributed by atoms with van der Waals surface area (Å²) in [5.41, 5.74) is 2.38. The molecule has 1 spiro atoms. The van der Waals surface area contributed by atoms with Gasteiger partial charge in [0, 0.05) is 6.42 Å². The van der Waals surface area contributed by atoms with E-state index in [1.165, 1.54) is 21.3 Å². The van der Waals surface area contributed by atoms with Crippen molar-refractivity contribution >= 4 is 17.8 Å². The molecule has 1 aromatic carbocycles. The van der Waals surface area contributed by atoms with Crippen LogP contribution in [0.3, 0.4) is 0 Å². The summed E-state index contributed by atoms with van der Waals surface area (Å²) in [6.07, 6.45) is 3.38. The number of imide groups is 1. The van der Waals surface area contributed by atoms with Crippen molar-refractivity contribution in [3.8, 4) is 17.2 Å². The lowest BCUT2D eigenvalue weighted by Crippen LogP contribution is -2.51. The zero-order valence-electron chi connectivity index (χ0n) is 17.9. The van der Waals surface area contributed by atoms with Crippen molar-refractivity contribution in [2.24, 2.45) is 5.92 Å². The van der Waals surface area contributed by atoms with Gasteiger partial charge in [0.2, 0.25) is 11.7 Å². The summed E-state index contributed by atoms with van der Waals surface area (Å²) in [4.78, 5) is 37.6. The molecule has 1 aromatic rings. The van der Waals surface area contributed by atoms with E-state index < -0.39 is 17.5 Å². The van der Waals surface area contributed by atoms with Crippen molar-refractivity contribution in [3.63, 3.8) is 0 Å². The van der Waals surface area contributed by atoms with E-state index in [0.717, 1.165) is 23.4 Å². The first kappa shape index (κ1) is 21.7. The first-order chi connectivity index (χ1) is 14.3. The van der Waals surface area contributed by atoms with E-state index in [4.69, 9.17) is 14.2 Å². The molecule has 2 aliphatic rings. The number of rotatable bonds is 7. The zero-order valence-corrected chi connectivity index (χ0v) is 17.9. The second-order valence-electron chi connectivity index (χ2n) is 7.90. The Morgan fingerprint density at radius 3 is 2.27 bits per heavy atom. The van der Waals surface area contributed by atoms with Gasteiger partial charge in [-0.3, -0.25) is 15.0 Å². The SMILES string of the molecule is COc1cc(CCC(=O)NN2C(=O)NC3(CCC(C)CC3)C2=O)cc(OC)c1OC. The molecule has 9 nitrogen and oxygen atoms in total. The molecule has 0 radical (unpaired) electrons. The van der Waals surface area contributed by atoms with E-state index in [1.807, 2.05) is 0 Å². The van der Waals surface area contributed by atoms with Crippen LogP contribution in [-0.4, -0.2) is 49.7 Å². The van der Waals surface area contributed by atoms with E-state index in [-0.39, 0.29) is 12.3 Å². The fourth-order valence-corrected chi connectivity index (χ4v) is 4.03. The van der Waals surface area contributed by atoms with E-state index in [0.29, 0.717) is 42.4 Å². The minimum atomic E-state index is -0.881. The Hall–Kier alpha value is -2.97. The molecule has 1 saturated heterocycles. The number of nitrogens with one attached hydrogen (secondary N) is 2. The van der Waals surface area contributed by atoms with Crippen molar-refractivity contribution in [1.82, 2.24) is 15.8 Å². The van der Waals surface area contributed by atoms with Crippen LogP contribution in [0, 0.1) is 5.92 Å². The van der Waals surface area contributed by atoms with Gasteiger partial charge < -0.3 is 19.5 Å². The summed E-state index contributed by atoms with van der Waals surface area (Å²) in [6.45, 7) is 2.14. The van der Waals surface area contributed by atoms with Crippen molar-refractivity contribution in [2.75, 3.05) is 21.3 Å². The monoisotopic (exact) mass is 419 g/mol. The van der Waals surface area contributed by atoms with Crippen LogP contribution in [0.4, 0.5) is 4.79 Å². The maximum Gasteiger partial charge on any atom is 0.344 e. The molecule has 164 valence electrons. The standard InChI is InChI=1S/C21H29N3O6/c1-13-7-9-21(10-8-13)19(26)24(20(27)22-21)23-17(25)6-5-14-11-15(28-2)18(30-4)16(12-14)29-3/h11-13H,5-10H2,1-4H3,(H,22,27)(H,23,25). The zero-order chi connectivity index (χ0) is 21.9. The lowest BCUT2D eigenvalue weighted by atomic mass is 9.77.